The van der Waals surface area contributed by atoms with Crippen LogP contribution >= 0.6 is 0 Å². The highest BCUT2D eigenvalue weighted by Crippen LogP contribution is 2.47. The summed E-state index contributed by atoms with van der Waals surface area (Å²) in [6, 6.07) is 0.443. The summed E-state index contributed by atoms with van der Waals surface area (Å²) in [6.45, 7) is 6.15. The SMILES string of the molecule is C.COC(=O)C1CC2CCC(N3CCOCC3)CC2C1NC(=O)CN1CCC(C2CCCCC2)CC1. The van der Waals surface area contributed by atoms with Gasteiger partial charge in [-0.15, -0.1) is 0 Å². The first-order valence-corrected chi connectivity index (χ1v) is 14.5. The molecule has 2 heterocycles. The molecule has 0 aromatic rings. The van der Waals surface area contributed by atoms with Crippen molar-refractivity contribution in [2.24, 2.45) is 29.6 Å². The predicted octanol–water partition coefficient (Wildman–Crippen LogP) is 3.71. The molecule has 5 fully saturated rings. The van der Waals surface area contributed by atoms with E-state index in [1.54, 1.807) is 0 Å². The first-order chi connectivity index (χ1) is 17.1. The topological polar surface area (TPSA) is 71.1 Å². The van der Waals surface area contributed by atoms with Gasteiger partial charge in [-0.25, -0.2) is 0 Å². The molecule has 206 valence electrons. The number of likely N-dealkylation sites (tertiary alicyclic amines) is 1. The van der Waals surface area contributed by atoms with Gasteiger partial charge in [0.15, 0.2) is 0 Å². The third kappa shape index (κ3) is 6.44. The van der Waals surface area contributed by atoms with Gasteiger partial charge in [-0.3, -0.25) is 19.4 Å². The van der Waals surface area contributed by atoms with E-state index in [0.29, 0.717) is 24.4 Å². The lowest BCUT2D eigenvalue weighted by Gasteiger charge is -2.42. The smallest absolute Gasteiger partial charge is 0.310 e. The van der Waals surface area contributed by atoms with Gasteiger partial charge in [0.1, 0.15) is 0 Å². The van der Waals surface area contributed by atoms with E-state index >= 15 is 0 Å². The zero-order chi connectivity index (χ0) is 24.2. The first kappa shape index (κ1) is 27.8. The van der Waals surface area contributed by atoms with Gasteiger partial charge in [-0.05, 0) is 75.3 Å². The van der Waals surface area contributed by atoms with Crippen LogP contribution in [0, 0.1) is 29.6 Å². The molecule has 2 saturated heterocycles. The monoisotopic (exact) mass is 505 g/mol. The van der Waals surface area contributed by atoms with Crippen molar-refractivity contribution in [1.82, 2.24) is 15.1 Å². The molecule has 3 aliphatic carbocycles. The van der Waals surface area contributed by atoms with Gasteiger partial charge in [0, 0.05) is 25.2 Å². The van der Waals surface area contributed by atoms with Gasteiger partial charge in [0.05, 0.1) is 32.8 Å². The summed E-state index contributed by atoms with van der Waals surface area (Å²) in [5.74, 6) is 2.37. The lowest BCUT2D eigenvalue weighted by molar-refractivity contribution is -0.146. The van der Waals surface area contributed by atoms with E-state index in [2.05, 4.69) is 15.1 Å². The Morgan fingerprint density at radius 2 is 1.56 bits per heavy atom. The Morgan fingerprint density at radius 1 is 0.861 bits per heavy atom. The summed E-state index contributed by atoms with van der Waals surface area (Å²) in [7, 11) is 1.48. The fraction of sp³-hybridized carbons (Fsp3) is 0.931. The third-order valence-electron chi connectivity index (χ3n) is 10.2. The van der Waals surface area contributed by atoms with E-state index in [9.17, 15) is 9.59 Å². The number of piperidine rings is 1. The Labute approximate surface area is 219 Å². The van der Waals surface area contributed by atoms with Crippen LogP contribution in [0.4, 0.5) is 0 Å². The van der Waals surface area contributed by atoms with Crippen molar-refractivity contribution in [3.8, 4) is 0 Å². The number of fused-ring (bicyclic) bond motifs is 1. The second-order valence-corrected chi connectivity index (χ2v) is 12.0. The molecule has 7 nitrogen and oxygen atoms in total. The number of hydrogen-bond donors (Lipinski definition) is 1. The highest BCUT2D eigenvalue weighted by atomic mass is 16.5. The number of hydrogen-bond acceptors (Lipinski definition) is 6. The van der Waals surface area contributed by atoms with Gasteiger partial charge in [0.2, 0.25) is 5.91 Å². The Morgan fingerprint density at radius 3 is 2.25 bits per heavy atom. The van der Waals surface area contributed by atoms with Crippen molar-refractivity contribution in [1.29, 1.82) is 0 Å². The number of nitrogens with zero attached hydrogens (tertiary/aromatic N) is 2. The molecular formula is C29H51N3O4. The van der Waals surface area contributed by atoms with Gasteiger partial charge in [0.25, 0.3) is 0 Å². The summed E-state index contributed by atoms with van der Waals surface area (Å²) in [5.41, 5.74) is 0. The Kier molecular flexibility index (Phi) is 10.1. The highest BCUT2D eigenvalue weighted by molar-refractivity contribution is 5.80. The van der Waals surface area contributed by atoms with Crippen molar-refractivity contribution in [2.45, 2.75) is 90.1 Å². The first-order valence-electron chi connectivity index (χ1n) is 14.5. The summed E-state index contributed by atoms with van der Waals surface area (Å²) in [4.78, 5) is 30.8. The number of nitrogens with one attached hydrogen (secondary N) is 1. The van der Waals surface area contributed by atoms with E-state index in [1.165, 1.54) is 58.5 Å². The van der Waals surface area contributed by atoms with Gasteiger partial charge in [-0.1, -0.05) is 39.5 Å². The number of carbonyl (C=O) groups excluding carboxylic acids is 2. The summed E-state index contributed by atoms with van der Waals surface area (Å²) in [5, 5.41) is 3.36. The van der Waals surface area contributed by atoms with E-state index in [0.717, 1.165) is 70.5 Å². The zero-order valence-electron chi connectivity index (χ0n) is 21.8. The molecule has 5 unspecified atom stereocenters. The summed E-state index contributed by atoms with van der Waals surface area (Å²) < 4.78 is 10.7. The molecule has 36 heavy (non-hydrogen) atoms. The second-order valence-electron chi connectivity index (χ2n) is 12.0. The van der Waals surface area contributed by atoms with E-state index < -0.39 is 0 Å². The number of morpholine rings is 1. The molecule has 7 heteroatoms. The fourth-order valence-electron chi connectivity index (χ4n) is 8.25. The largest absolute Gasteiger partial charge is 0.469 e. The number of esters is 1. The van der Waals surface area contributed by atoms with E-state index in [4.69, 9.17) is 9.47 Å². The van der Waals surface area contributed by atoms with Crippen molar-refractivity contribution >= 4 is 11.9 Å². The molecule has 3 saturated carbocycles. The quantitative estimate of drug-likeness (QED) is 0.555. The van der Waals surface area contributed by atoms with Crippen LogP contribution in [0.5, 0.6) is 0 Å². The minimum atomic E-state index is -0.209. The Bertz CT molecular complexity index is 713. The van der Waals surface area contributed by atoms with Crippen LogP contribution in [0.3, 0.4) is 0 Å². The van der Waals surface area contributed by atoms with Crippen LogP contribution in [0.2, 0.25) is 0 Å². The molecule has 1 amide bonds. The van der Waals surface area contributed by atoms with Crippen LogP contribution in [0.25, 0.3) is 0 Å². The average Bonchev–Trinajstić information content (AvgIpc) is 3.27. The average molecular weight is 506 g/mol. The molecule has 2 aliphatic heterocycles. The highest BCUT2D eigenvalue weighted by Gasteiger charge is 2.50. The Hall–Kier alpha value is -1.18. The van der Waals surface area contributed by atoms with Crippen LogP contribution in [-0.4, -0.2) is 86.8 Å². The lowest BCUT2D eigenvalue weighted by atomic mass is 9.76. The number of ether oxygens (including phenoxy) is 2. The summed E-state index contributed by atoms with van der Waals surface area (Å²) in [6.07, 6.45) is 13.8. The van der Waals surface area contributed by atoms with E-state index in [1.807, 2.05) is 0 Å². The maximum Gasteiger partial charge on any atom is 0.310 e. The fourth-order valence-corrected chi connectivity index (χ4v) is 8.25. The zero-order valence-corrected chi connectivity index (χ0v) is 21.8. The molecule has 0 aromatic heterocycles. The molecule has 0 spiro atoms. The van der Waals surface area contributed by atoms with Crippen molar-refractivity contribution in [3.05, 3.63) is 0 Å². The second kappa shape index (κ2) is 13.1. The van der Waals surface area contributed by atoms with Crippen LogP contribution in [0.15, 0.2) is 0 Å². The number of methoxy groups -OCH3 is 1. The predicted molar refractivity (Wildman–Crippen MR) is 142 cm³/mol. The van der Waals surface area contributed by atoms with Gasteiger partial charge >= 0.3 is 5.97 Å². The molecule has 5 rings (SSSR count). The van der Waals surface area contributed by atoms with Crippen molar-refractivity contribution < 1.29 is 19.1 Å². The minimum Gasteiger partial charge on any atom is -0.469 e. The number of carbonyl (C=O) groups is 2. The molecule has 0 bridgehead atoms. The maximum atomic E-state index is 13.2. The van der Waals surface area contributed by atoms with Gasteiger partial charge in [-0.2, -0.15) is 0 Å². The van der Waals surface area contributed by atoms with Crippen LogP contribution in [-0.2, 0) is 19.1 Å². The number of amides is 1. The minimum absolute atomic E-state index is 0. The standard InChI is InChI=1S/C28H47N3O4.CH4/c1-34-28(33)25-17-22-7-8-23(31-13-15-35-16-14-31)18-24(22)27(25)29-26(32)19-30-11-9-21(10-12-30)20-5-3-2-4-6-20;/h20-25,27H,2-19H2,1H3,(H,29,32);1H4. The molecule has 5 atom stereocenters. The van der Waals surface area contributed by atoms with Gasteiger partial charge < -0.3 is 14.8 Å². The molecule has 5 aliphatic rings. The molecular weight excluding hydrogens is 454 g/mol. The third-order valence-corrected chi connectivity index (χ3v) is 10.2. The Balaban J connectivity index is 0.00000304. The van der Waals surface area contributed by atoms with E-state index in [-0.39, 0.29) is 31.3 Å². The molecule has 1 N–H and O–H groups in total. The van der Waals surface area contributed by atoms with Crippen LogP contribution < -0.4 is 5.32 Å². The number of rotatable bonds is 6. The molecule has 0 aromatic carbocycles. The van der Waals surface area contributed by atoms with Crippen molar-refractivity contribution in [3.63, 3.8) is 0 Å². The van der Waals surface area contributed by atoms with Crippen molar-refractivity contribution in [2.75, 3.05) is 53.0 Å². The normalized spacial score (nSPS) is 35.0. The maximum absolute atomic E-state index is 13.2. The molecule has 0 radical (unpaired) electrons. The lowest BCUT2D eigenvalue weighted by Crippen LogP contribution is -2.52. The van der Waals surface area contributed by atoms with Crippen LogP contribution in [0.1, 0.15) is 78.1 Å². The summed E-state index contributed by atoms with van der Waals surface area (Å²) >= 11 is 0.